The third-order valence-electron chi connectivity index (χ3n) is 3.41. The van der Waals surface area contributed by atoms with Crippen LogP contribution >= 0.6 is 0 Å². The zero-order valence-electron chi connectivity index (χ0n) is 11.7. The van der Waals surface area contributed by atoms with Gasteiger partial charge in [-0.15, -0.1) is 0 Å². The molecule has 0 atom stereocenters. The first-order chi connectivity index (χ1) is 10.3. The van der Waals surface area contributed by atoms with E-state index in [-0.39, 0.29) is 5.97 Å². The first-order valence-electron chi connectivity index (χ1n) is 6.93. The van der Waals surface area contributed by atoms with Crippen molar-refractivity contribution in [3.05, 3.63) is 71.9 Å². The topological polar surface area (TPSA) is 39.2 Å². The van der Waals surface area contributed by atoms with E-state index in [0.29, 0.717) is 11.3 Å². The fourth-order valence-electron chi connectivity index (χ4n) is 2.20. The van der Waals surface area contributed by atoms with E-state index in [1.807, 2.05) is 36.4 Å². The monoisotopic (exact) mass is 277 g/mol. The lowest BCUT2D eigenvalue weighted by molar-refractivity contribution is 0.0737. The lowest BCUT2D eigenvalue weighted by Gasteiger charge is -2.07. The lowest BCUT2D eigenvalue weighted by atomic mass is 10.1. The predicted octanol–water partition coefficient (Wildman–Crippen LogP) is 4.02. The highest BCUT2D eigenvalue weighted by Gasteiger charge is 2.10. The van der Waals surface area contributed by atoms with Gasteiger partial charge in [-0.3, -0.25) is 4.98 Å². The minimum absolute atomic E-state index is 0.353. The summed E-state index contributed by atoms with van der Waals surface area (Å²) in [4.78, 5) is 16.5. The summed E-state index contributed by atoms with van der Waals surface area (Å²) in [6.07, 6.45) is 2.67. The van der Waals surface area contributed by atoms with Crippen molar-refractivity contribution >= 4 is 16.9 Å². The molecule has 0 aliphatic carbocycles. The largest absolute Gasteiger partial charge is 0.422 e. The van der Waals surface area contributed by atoms with Crippen LogP contribution in [0.5, 0.6) is 5.75 Å². The number of hydrogen-bond acceptors (Lipinski definition) is 3. The van der Waals surface area contributed by atoms with Crippen LogP contribution in [0.15, 0.2) is 60.8 Å². The van der Waals surface area contributed by atoms with Crippen LogP contribution in [0.2, 0.25) is 0 Å². The van der Waals surface area contributed by atoms with Crippen molar-refractivity contribution in [3.63, 3.8) is 0 Å². The maximum atomic E-state index is 12.2. The molecule has 1 aromatic heterocycles. The van der Waals surface area contributed by atoms with Gasteiger partial charge in [0.15, 0.2) is 0 Å². The number of hydrogen-bond donors (Lipinski definition) is 0. The summed E-state index contributed by atoms with van der Waals surface area (Å²) in [5, 5.41) is 0.832. The second-order valence-corrected chi connectivity index (χ2v) is 4.77. The molecule has 104 valence electrons. The predicted molar refractivity (Wildman–Crippen MR) is 82.5 cm³/mol. The summed E-state index contributed by atoms with van der Waals surface area (Å²) < 4.78 is 5.51. The SMILES string of the molecule is CCc1ccc(C(=O)Oc2cccc3ncccc23)cc1. The van der Waals surface area contributed by atoms with E-state index in [1.54, 1.807) is 24.4 Å². The molecular formula is C18H15NO2. The van der Waals surface area contributed by atoms with Crippen molar-refractivity contribution in [1.29, 1.82) is 0 Å². The van der Waals surface area contributed by atoms with Crippen LogP contribution in [-0.4, -0.2) is 11.0 Å². The molecule has 0 aliphatic heterocycles. The Labute approximate surface area is 123 Å². The number of nitrogens with zero attached hydrogens (tertiary/aromatic N) is 1. The molecule has 3 nitrogen and oxygen atoms in total. The van der Waals surface area contributed by atoms with Gasteiger partial charge in [0.25, 0.3) is 0 Å². The van der Waals surface area contributed by atoms with Gasteiger partial charge in [0, 0.05) is 11.6 Å². The fraction of sp³-hybridized carbons (Fsp3) is 0.111. The van der Waals surface area contributed by atoms with Crippen LogP contribution in [0, 0.1) is 0 Å². The molecule has 0 unspecified atom stereocenters. The fourth-order valence-corrected chi connectivity index (χ4v) is 2.20. The number of benzene rings is 2. The molecule has 3 rings (SSSR count). The molecule has 0 amide bonds. The van der Waals surface area contributed by atoms with E-state index >= 15 is 0 Å². The Kier molecular flexibility index (Phi) is 3.65. The maximum absolute atomic E-state index is 12.2. The molecular weight excluding hydrogens is 262 g/mol. The molecule has 0 aliphatic rings. The highest BCUT2D eigenvalue weighted by atomic mass is 16.5. The summed E-state index contributed by atoms with van der Waals surface area (Å²) in [6.45, 7) is 2.08. The Morgan fingerprint density at radius 3 is 2.62 bits per heavy atom. The molecule has 0 spiro atoms. The number of ether oxygens (including phenoxy) is 1. The molecule has 0 N–H and O–H groups in total. The molecule has 0 saturated heterocycles. The third-order valence-corrected chi connectivity index (χ3v) is 3.41. The Hall–Kier alpha value is -2.68. The van der Waals surface area contributed by atoms with Gasteiger partial charge in [0.05, 0.1) is 11.1 Å². The van der Waals surface area contributed by atoms with E-state index in [1.165, 1.54) is 5.56 Å². The number of pyridine rings is 1. The van der Waals surface area contributed by atoms with Crippen LogP contribution in [0.25, 0.3) is 10.9 Å². The minimum Gasteiger partial charge on any atom is -0.422 e. The molecule has 0 radical (unpaired) electrons. The van der Waals surface area contributed by atoms with Crippen LogP contribution in [0.1, 0.15) is 22.8 Å². The van der Waals surface area contributed by atoms with Crippen molar-refractivity contribution in [3.8, 4) is 5.75 Å². The molecule has 0 saturated carbocycles. The Morgan fingerprint density at radius 2 is 1.86 bits per heavy atom. The van der Waals surface area contributed by atoms with Crippen LogP contribution in [0.4, 0.5) is 0 Å². The average molecular weight is 277 g/mol. The number of aromatic nitrogens is 1. The third kappa shape index (κ3) is 2.77. The number of aryl methyl sites for hydroxylation is 1. The van der Waals surface area contributed by atoms with Crippen molar-refractivity contribution < 1.29 is 9.53 Å². The van der Waals surface area contributed by atoms with Gasteiger partial charge in [-0.25, -0.2) is 4.79 Å². The Morgan fingerprint density at radius 1 is 1.05 bits per heavy atom. The molecule has 1 heterocycles. The zero-order valence-corrected chi connectivity index (χ0v) is 11.7. The number of fused-ring (bicyclic) bond motifs is 1. The van der Waals surface area contributed by atoms with E-state index in [2.05, 4.69) is 11.9 Å². The van der Waals surface area contributed by atoms with Gasteiger partial charge in [-0.1, -0.05) is 25.1 Å². The normalized spacial score (nSPS) is 10.5. The maximum Gasteiger partial charge on any atom is 0.343 e. The standard InChI is InChI=1S/C18H15NO2/c1-2-13-8-10-14(11-9-13)18(20)21-17-7-3-6-16-15(17)5-4-12-19-16/h3-12H,2H2,1H3. The number of carbonyl (C=O) groups is 1. The Balaban J connectivity index is 1.89. The molecule has 3 heteroatoms. The number of rotatable bonds is 3. The van der Waals surface area contributed by atoms with Crippen molar-refractivity contribution in [2.24, 2.45) is 0 Å². The number of carbonyl (C=O) groups excluding carboxylic acids is 1. The first kappa shape index (κ1) is 13.3. The zero-order chi connectivity index (χ0) is 14.7. The highest BCUT2D eigenvalue weighted by Crippen LogP contribution is 2.24. The van der Waals surface area contributed by atoms with E-state index in [4.69, 9.17) is 4.74 Å². The molecule has 0 bridgehead atoms. The van der Waals surface area contributed by atoms with Crippen molar-refractivity contribution in [2.45, 2.75) is 13.3 Å². The summed E-state index contributed by atoms with van der Waals surface area (Å²) in [6, 6.07) is 16.7. The molecule has 2 aromatic carbocycles. The summed E-state index contributed by atoms with van der Waals surface area (Å²) in [5.41, 5.74) is 2.55. The van der Waals surface area contributed by atoms with Gasteiger partial charge >= 0.3 is 5.97 Å². The summed E-state index contributed by atoms with van der Waals surface area (Å²) in [5.74, 6) is 0.180. The quantitative estimate of drug-likeness (QED) is 0.536. The lowest BCUT2D eigenvalue weighted by Crippen LogP contribution is -2.08. The first-order valence-corrected chi connectivity index (χ1v) is 6.93. The molecule has 0 fully saturated rings. The second-order valence-electron chi connectivity index (χ2n) is 4.77. The number of esters is 1. The van der Waals surface area contributed by atoms with Crippen molar-refractivity contribution in [2.75, 3.05) is 0 Å². The summed E-state index contributed by atoms with van der Waals surface area (Å²) in [7, 11) is 0. The highest BCUT2D eigenvalue weighted by molar-refractivity contribution is 5.94. The van der Waals surface area contributed by atoms with Crippen LogP contribution < -0.4 is 4.74 Å². The van der Waals surface area contributed by atoms with E-state index in [9.17, 15) is 4.79 Å². The van der Waals surface area contributed by atoms with Crippen LogP contribution in [0.3, 0.4) is 0 Å². The van der Waals surface area contributed by atoms with Gasteiger partial charge in [-0.2, -0.15) is 0 Å². The minimum atomic E-state index is -0.353. The smallest absolute Gasteiger partial charge is 0.343 e. The van der Waals surface area contributed by atoms with Gasteiger partial charge in [0.1, 0.15) is 5.75 Å². The van der Waals surface area contributed by atoms with E-state index < -0.39 is 0 Å². The van der Waals surface area contributed by atoms with Gasteiger partial charge in [0.2, 0.25) is 0 Å². The molecule has 21 heavy (non-hydrogen) atoms. The van der Waals surface area contributed by atoms with Crippen LogP contribution in [-0.2, 0) is 6.42 Å². The second kappa shape index (κ2) is 5.75. The Bertz CT molecular complexity index is 773. The average Bonchev–Trinajstić information content (AvgIpc) is 2.55. The van der Waals surface area contributed by atoms with Crippen molar-refractivity contribution in [1.82, 2.24) is 4.98 Å². The van der Waals surface area contributed by atoms with E-state index in [0.717, 1.165) is 17.3 Å². The van der Waals surface area contributed by atoms with Gasteiger partial charge in [-0.05, 0) is 48.4 Å². The summed E-state index contributed by atoms with van der Waals surface area (Å²) >= 11 is 0. The molecule has 3 aromatic rings. The van der Waals surface area contributed by atoms with Gasteiger partial charge < -0.3 is 4.74 Å².